The predicted octanol–water partition coefficient (Wildman–Crippen LogP) is 4.47. The first-order valence-corrected chi connectivity index (χ1v) is 12.5. The Kier molecular flexibility index (Phi) is 8.15. The number of aliphatic hydroxyl groups excluding tert-OH is 1. The summed E-state index contributed by atoms with van der Waals surface area (Å²) in [6.07, 6.45) is 2.92. The molecule has 34 heavy (non-hydrogen) atoms. The highest BCUT2D eigenvalue weighted by Crippen LogP contribution is 2.31. The standard InChI is InChI=1S/C23H28ClFN6O2S/c1-30(19-5-3-16(24)13-17(19)25)20-6-4-18-21(28-20)34-23(27-18)29-22(33)26-9-2-10-31-11-7-15(14-32)8-12-31/h3-6,13,15,32H,2,7-12,14H2,1H3,(H2,26,27,29,33). The Morgan fingerprint density at radius 1 is 1.29 bits per heavy atom. The van der Waals surface area contributed by atoms with Crippen LogP contribution in [0.15, 0.2) is 30.3 Å². The lowest BCUT2D eigenvalue weighted by atomic mass is 9.98. The molecule has 3 N–H and O–H groups in total. The molecular weight excluding hydrogens is 479 g/mol. The zero-order valence-electron chi connectivity index (χ0n) is 18.9. The SMILES string of the molecule is CN(c1ccc2nc(NC(=O)NCCCN3CCC(CO)CC3)sc2n1)c1ccc(Cl)cc1F. The molecule has 0 radical (unpaired) electrons. The van der Waals surface area contributed by atoms with Gasteiger partial charge in [-0.25, -0.2) is 19.2 Å². The van der Waals surface area contributed by atoms with Crippen molar-refractivity contribution in [2.45, 2.75) is 19.3 Å². The van der Waals surface area contributed by atoms with Crippen LogP contribution in [0.25, 0.3) is 10.3 Å². The number of carbonyl (C=O) groups is 1. The minimum Gasteiger partial charge on any atom is -0.396 e. The second-order valence-corrected chi connectivity index (χ2v) is 9.78. The average molecular weight is 507 g/mol. The van der Waals surface area contributed by atoms with Gasteiger partial charge in [-0.1, -0.05) is 22.9 Å². The maximum absolute atomic E-state index is 14.3. The number of pyridine rings is 1. The molecule has 0 bridgehead atoms. The number of aromatic nitrogens is 2. The topological polar surface area (TPSA) is 93.6 Å². The Bertz CT molecular complexity index is 1140. The Balaban J connectivity index is 1.28. The summed E-state index contributed by atoms with van der Waals surface area (Å²) < 4.78 is 14.3. The van der Waals surface area contributed by atoms with Crippen molar-refractivity contribution >= 4 is 56.0 Å². The lowest BCUT2D eigenvalue weighted by Gasteiger charge is -2.30. The minimum absolute atomic E-state index is 0.274. The number of fused-ring (bicyclic) bond motifs is 1. The summed E-state index contributed by atoms with van der Waals surface area (Å²) in [7, 11) is 1.73. The largest absolute Gasteiger partial charge is 0.396 e. The Morgan fingerprint density at radius 2 is 2.09 bits per heavy atom. The molecule has 0 spiro atoms. The highest BCUT2D eigenvalue weighted by Gasteiger charge is 2.18. The fourth-order valence-corrected chi connectivity index (χ4v) is 4.95. The van der Waals surface area contributed by atoms with E-state index in [-0.39, 0.29) is 12.6 Å². The fraction of sp³-hybridized carbons (Fsp3) is 0.435. The van der Waals surface area contributed by atoms with Gasteiger partial charge in [-0.05, 0) is 75.1 Å². The predicted molar refractivity (Wildman–Crippen MR) is 135 cm³/mol. The first-order chi connectivity index (χ1) is 16.4. The number of aliphatic hydroxyl groups is 1. The van der Waals surface area contributed by atoms with Gasteiger partial charge in [0.15, 0.2) is 5.13 Å². The quantitative estimate of drug-likeness (QED) is 0.390. The van der Waals surface area contributed by atoms with E-state index in [9.17, 15) is 14.3 Å². The summed E-state index contributed by atoms with van der Waals surface area (Å²) in [4.78, 5) is 25.9. The number of anilines is 3. The number of likely N-dealkylation sites (tertiary alicyclic amines) is 1. The van der Waals surface area contributed by atoms with Crippen LogP contribution in [0.1, 0.15) is 19.3 Å². The van der Waals surface area contributed by atoms with Gasteiger partial charge in [-0.15, -0.1) is 0 Å². The summed E-state index contributed by atoms with van der Waals surface area (Å²) >= 11 is 7.10. The molecule has 3 aromatic rings. The van der Waals surface area contributed by atoms with Crippen LogP contribution in [0.3, 0.4) is 0 Å². The van der Waals surface area contributed by atoms with E-state index >= 15 is 0 Å². The molecule has 1 aromatic carbocycles. The smallest absolute Gasteiger partial charge is 0.321 e. The molecule has 1 aliphatic heterocycles. The molecule has 1 fully saturated rings. The molecule has 3 heterocycles. The third-order valence-electron chi connectivity index (χ3n) is 5.98. The fourth-order valence-electron chi connectivity index (χ4n) is 3.96. The van der Waals surface area contributed by atoms with E-state index < -0.39 is 5.82 Å². The van der Waals surface area contributed by atoms with Gasteiger partial charge < -0.3 is 20.2 Å². The minimum atomic E-state index is -0.435. The molecule has 2 aromatic heterocycles. The molecule has 0 unspecified atom stereocenters. The van der Waals surface area contributed by atoms with Crippen molar-refractivity contribution in [1.29, 1.82) is 0 Å². The van der Waals surface area contributed by atoms with Gasteiger partial charge >= 0.3 is 6.03 Å². The van der Waals surface area contributed by atoms with E-state index in [1.807, 2.05) is 0 Å². The molecule has 4 rings (SSSR count). The van der Waals surface area contributed by atoms with Crippen molar-refractivity contribution in [2.24, 2.45) is 5.92 Å². The third-order valence-corrected chi connectivity index (χ3v) is 7.09. The first-order valence-electron chi connectivity index (χ1n) is 11.3. The van der Waals surface area contributed by atoms with E-state index in [1.165, 1.54) is 17.4 Å². The van der Waals surface area contributed by atoms with Gasteiger partial charge in [0.05, 0.1) is 5.69 Å². The van der Waals surface area contributed by atoms with E-state index in [0.29, 0.717) is 44.5 Å². The van der Waals surface area contributed by atoms with Crippen LogP contribution in [-0.2, 0) is 0 Å². The van der Waals surface area contributed by atoms with Crippen LogP contribution in [0.4, 0.5) is 25.8 Å². The van der Waals surface area contributed by atoms with E-state index in [4.69, 9.17) is 11.6 Å². The monoisotopic (exact) mass is 506 g/mol. The number of thiazole rings is 1. The molecule has 0 aliphatic carbocycles. The highest BCUT2D eigenvalue weighted by molar-refractivity contribution is 7.22. The Hall–Kier alpha value is -2.53. The van der Waals surface area contributed by atoms with Gasteiger partial charge in [-0.2, -0.15) is 0 Å². The molecule has 0 saturated carbocycles. The van der Waals surface area contributed by atoms with Crippen molar-refractivity contribution in [1.82, 2.24) is 20.2 Å². The summed E-state index contributed by atoms with van der Waals surface area (Å²) in [6, 6.07) is 7.73. The zero-order valence-corrected chi connectivity index (χ0v) is 20.5. The van der Waals surface area contributed by atoms with Gasteiger partial charge in [0, 0.05) is 25.2 Å². The number of nitrogens with one attached hydrogen (secondary N) is 2. The van der Waals surface area contributed by atoms with Crippen molar-refractivity contribution in [3.8, 4) is 0 Å². The van der Waals surface area contributed by atoms with Crippen LogP contribution in [0, 0.1) is 11.7 Å². The lowest BCUT2D eigenvalue weighted by Crippen LogP contribution is -2.37. The molecular formula is C23H28ClFN6O2S. The van der Waals surface area contributed by atoms with E-state index in [1.54, 1.807) is 36.2 Å². The number of halogens is 2. The Labute approximate surface area is 206 Å². The van der Waals surface area contributed by atoms with Crippen LogP contribution < -0.4 is 15.5 Å². The van der Waals surface area contributed by atoms with Gasteiger partial charge in [0.2, 0.25) is 0 Å². The third kappa shape index (κ3) is 6.12. The van der Waals surface area contributed by atoms with Crippen LogP contribution in [0.5, 0.6) is 0 Å². The normalized spacial score (nSPS) is 14.9. The van der Waals surface area contributed by atoms with Crippen LogP contribution in [0.2, 0.25) is 5.02 Å². The number of piperidine rings is 1. The van der Waals surface area contributed by atoms with Gasteiger partial charge in [-0.3, -0.25) is 5.32 Å². The molecule has 182 valence electrons. The number of hydrogen-bond donors (Lipinski definition) is 3. The Morgan fingerprint density at radius 3 is 2.82 bits per heavy atom. The van der Waals surface area contributed by atoms with Crippen molar-refractivity contribution in [2.75, 3.05) is 50.1 Å². The van der Waals surface area contributed by atoms with Crippen LogP contribution in [-0.4, -0.2) is 65.8 Å². The number of hydrogen-bond acceptors (Lipinski definition) is 7. The van der Waals surface area contributed by atoms with E-state index in [2.05, 4.69) is 25.5 Å². The van der Waals surface area contributed by atoms with Crippen molar-refractivity contribution in [3.63, 3.8) is 0 Å². The number of rotatable bonds is 8. The second-order valence-electron chi connectivity index (χ2n) is 8.37. The number of benzene rings is 1. The first kappa shape index (κ1) is 24.6. The van der Waals surface area contributed by atoms with Gasteiger partial charge in [0.25, 0.3) is 0 Å². The second kappa shape index (κ2) is 11.3. The summed E-state index contributed by atoms with van der Waals surface area (Å²) in [5, 5.41) is 15.6. The molecule has 0 atom stereocenters. The number of carbonyl (C=O) groups excluding carboxylic acids is 1. The highest BCUT2D eigenvalue weighted by atomic mass is 35.5. The zero-order chi connectivity index (χ0) is 24.1. The number of amides is 2. The number of nitrogens with zero attached hydrogens (tertiary/aromatic N) is 4. The average Bonchev–Trinajstić information content (AvgIpc) is 3.23. The number of urea groups is 1. The van der Waals surface area contributed by atoms with Crippen LogP contribution >= 0.6 is 22.9 Å². The molecule has 2 amide bonds. The molecule has 11 heteroatoms. The summed E-state index contributed by atoms with van der Waals surface area (Å²) in [5.41, 5.74) is 1.01. The van der Waals surface area contributed by atoms with Gasteiger partial charge in [0.1, 0.15) is 22.0 Å². The maximum atomic E-state index is 14.3. The van der Waals surface area contributed by atoms with Crippen molar-refractivity contribution in [3.05, 3.63) is 41.2 Å². The van der Waals surface area contributed by atoms with E-state index in [0.717, 1.165) is 38.9 Å². The summed E-state index contributed by atoms with van der Waals surface area (Å²) in [5.74, 6) is 0.546. The van der Waals surface area contributed by atoms with Crippen molar-refractivity contribution < 1.29 is 14.3 Å². The molecule has 1 aliphatic rings. The summed E-state index contributed by atoms with van der Waals surface area (Å²) in [6.45, 7) is 3.76. The maximum Gasteiger partial charge on any atom is 0.321 e. The molecule has 8 nitrogen and oxygen atoms in total. The molecule has 1 saturated heterocycles. The lowest BCUT2D eigenvalue weighted by molar-refractivity contribution is 0.131.